The lowest BCUT2D eigenvalue weighted by atomic mass is 9.87. The Labute approximate surface area is 208 Å². The fourth-order valence-corrected chi connectivity index (χ4v) is 5.96. The summed E-state index contributed by atoms with van der Waals surface area (Å²) in [7, 11) is 0. The maximum absolute atomic E-state index is 14.5. The average molecular weight is 477 g/mol. The van der Waals surface area contributed by atoms with Gasteiger partial charge in [-0.15, -0.1) is 0 Å². The van der Waals surface area contributed by atoms with E-state index in [4.69, 9.17) is 9.72 Å². The number of fused-ring (bicyclic) bond motifs is 3. The number of aryl methyl sites for hydroxylation is 2. The lowest BCUT2D eigenvalue weighted by molar-refractivity contribution is -0.119. The third kappa shape index (κ3) is 3.88. The van der Waals surface area contributed by atoms with E-state index in [0.717, 1.165) is 44.0 Å². The molecule has 0 spiro atoms. The zero-order valence-corrected chi connectivity index (χ0v) is 20.4. The average Bonchev–Trinajstić information content (AvgIpc) is 3.30. The second-order valence-corrected chi connectivity index (χ2v) is 9.95. The fraction of sp³-hybridized carbons (Fsp3) is 0.133. The van der Waals surface area contributed by atoms with Gasteiger partial charge in [0.25, 0.3) is 0 Å². The molecule has 0 unspecified atom stereocenters. The highest BCUT2D eigenvalue weighted by atomic mass is 32.1. The van der Waals surface area contributed by atoms with Crippen LogP contribution in [0, 0.1) is 13.8 Å². The number of hydrogen-bond donors (Lipinski definition) is 0. The summed E-state index contributed by atoms with van der Waals surface area (Å²) in [5.41, 5.74) is 6.08. The van der Waals surface area contributed by atoms with Crippen molar-refractivity contribution in [3.8, 4) is 11.5 Å². The van der Waals surface area contributed by atoms with Crippen LogP contribution in [0.3, 0.4) is 0 Å². The second kappa shape index (κ2) is 8.67. The van der Waals surface area contributed by atoms with Gasteiger partial charge >= 0.3 is 0 Å². The number of carbonyl (C=O) groups is 1. The molecule has 0 saturated carbocycles. The van der Waals surface area contributed by atoms with Crippen molar-refractivity contribution in [2.45, 2.75) is 26.3 Å². The van der Waals surface area contributed by atoms with Gasteiger partial charge in [-0.05, 0) is 48.7 Å². The molecule has 172 valence electrons. The van der Waals surface area contributed by atoms with Crippen LogP contribution in [0.1, 0.15) is 33.7 Å². The van der Waals surface area contributed by atoms with Gasteiger partial charge in [-0.1, -0.05) is 84.1 Å². The van der Waals surface area contributed by atoms with Crippen LogP contribution in [0.2, 0.25) is 0 Å². The lowest BCUT2D eigenvalue weighted by Gasteiger charge is -2.31. The molecular formula is C30H24N2O2S. The Bertz CT molecular complexity index is 1510. The van der Waals surface area contributed by atoms with E-state index in [1.165, 1.54) is 5.56 Å². The van der Waals surface area contributed by atoms with E-state index in [0.29, 0.717) is 11.7 Å². The first-order valence-corrected chi connectivity index (χ1v) is 12.5. The first-order valence-electron chi connectivity index (χ1n) is 11.7. The Morgan fingerprint density at radius 3 is 2.20 bits per heavy atom. The van der Waals surface area contributed by atoms with Crippen LogP contribution < -0.4 is 9.64 Å². The molecule has 4 nitrogen and oxygen atoms in total. The summed E-state index contributed by atoms with van der Waals surface area (Å²) in [6.45, 7) is 4.61. The van der Waals surface area contributed by atoms with Crippen LogP contribution in [-0.4, -0.2) is 10.9 Å². The maximum atomic E-state index is 14.5. The summed E-state index contributed by atoms with van der Waals surface area (Å²) in [4.78, 5) is 21.3. The third-order valence-corrected chi connectivity index (χ3v) is 7.45. The SMILES string of the molecule is Cc1cc(C)c2nc(N(Cc3ccccc3)C(=O)C3c4ccccc4Oc4ccccc43)sc2c1. The molecule has 6 rings (SSSR count). The van der Waals surface area contributed by atoms with Crippen LogP contribution in [-0.2, 0) is 11.3 Å². The molecule has 1 aliphatic rings. The zero-order valence-electron chi connectivity index (χ0n) is 19.6. The first-order chi connectivity index (χ1) is 17.1. The number of aromatic nitrogens is 1. The van der Waals surface area contributed by atoms with Gasteiger partial charge in [0.1, 0.15) is 11.5 Å². The molecular weight excluding hydrogens is 452 g/mol. The van der Waals surface area contributed by atoms with Crippen LogP contribution >= 0.6 is 11.3 Å². The van der Waals surface area contributed by atoms with Crippen molar-refractivity contribution in [1.82, 2.24) is 4.98 Å². The smallest absolute Gasteiger partial charge is 0.241 e. The quantitative estimate of drug-likeness (QED) is 0.272. The predicted octanol–water partition coefficient (Wildman–Crippen LogP) is 7.38. The first kappa shape index (κ1) is 21.6. The van der Waals surface area contributed by atoms with Crippen LogP contribution in [0.25, 0.3) is 10.2 Å². The third-order valence-electron chi connectivity index (χ3n) is 6.43. The molecule has 1 aromatic heterocycles. The molecule has 1 amide bonds. The van der Waals surface area contributed by atoms with Crippen molar-refractivity contribution in [2.75, 3.05) is 4.90 Å². The molecule has 0 aliphatic carbocycles. The highest BCUT2D eigenvalue weighted by Crippen LogP contribution is 2.45. The highest BCUT2D eigenvalue weighted by molar-refractivity contribution is 7.22. The van der Waals surface area contributed by atoms with E-state index in [1.54, 1.807) is 11.3 Å². The van der Waals surface area contributed by atoms with Gasteiger partial charge in [-0.25, -0.2) is 4.98 Å². The van der Waals surface area contributed by atoms with Crippen LogP contribution in [0.4, 0.5) is 5.13 Å². The second-order valence-electron chi connectivity index (χ2n) is 8.95. The van der Waals surface area contributed by atoms with Gasteiger partial charge in [0, 0.05) is 11.1 Å². The van der Waals surface area contributed by atoms with E-state index in [-0.39, 0.29) is 5.91 Å². The minimum Gasteiger partial charge on any atom is -0.457 e. The van der Waals surface area contributed by atoms with Gasteiger partial charge in [-0.3, -0.25) is 9.69 Å². The van der Waals surface area contributed by atoms with Gasteiger partial charge in [0.2, 0.25) is 5.91 Å². The molecule has 2 heterocycles. The zero-order chi connectivity index (χ0) is 23.9. The highest BCUT2D eigenvalue weighted by Gasteiger charge is 2.36. The Morgan fingerprint density at radius 2 is 1.51 bits per heavy atom. The van der Waals surface area contributed by atoms with Crippen molar-refractivity contribution in [2.24, 2.45) is 0 Å². The van der Waals surface area contributed by atoms with Crippen molar-refractivity contribution in [1.29, 1.82) is 0 Å². The minimum atomic E-state index is -0.477. The molecule has 5 aromatic rings. The number of hydrogen-bond acceptors (Lipinski definition) is 4. The monoisotopic (exact) mass is 476 g/mol. The lowest BCUT2D eigenvalue weighted by Crippen LogP contribution is -2.36. The number of nitrogens with zero attached hydrogens (tertiary/aromatic N) is 2. The number of amides is 1. The maximum Gasteiger partial charge on any atom is 0.241 e. The van der Waals surface area contributed by atoms with E-state index in [9.17, 15) is 4.79 Å². The molecule has 5 heteroatoms. The number of thiazole rings is 1. The molecule has 1 aliphatic heterocycles. The number of rotatable bonds is 4. The summed E-state index contributed by atoms with van der Waals surface area (Å²) in [5.74, 6) is 0.958. The summed E-state index contributed by atoms with van der Waals surface area (Å²) in [5, 5.41) is 0.712. The van der Waals surface area contributed by atoms with Crippen molar-refractivity contribution < 1.29 is 9.53 Å². The van der Waals surface area contributed by atoms with Crippen molar-refractivity contribution in [3.63, 3.8) is 0 Å². The number of benzene rings is 4. The Hall–Kier alpha value is -3.96. The van der Waals surface area contributed by atoms with Gasteiger partial charge in [0.15, 0.2) is 5.13 Å². The van der Waals surface area contributed by atoms with Gasteiger partial charge in [-0.2, -0.15) is 0 Å². The Balaban J connectivity index is 1.51. The molecule has 0 saturated heterocycles. The predicted molar refractivity (Wildman–Crippen MR) is 142 cm³/mol. The Morgan fingerprint density at radius 1 is 0.886 bits per heavy atom. The number of ether oxygens (including phenoxy) is 1. The van der Waals surface area contributed by atoms with Crippen LogP contribution in [0.5, 0.6) is 11.5 Å². The van der Waals surface area contributed by atoms with E-state index >= 15 is 0 Å². The summed E-state index contributed by atoms with van der Waals surface area (Å²) in [6.07, 6.45) is 0. The number of para-hydroxylation sites is 2. The summed E-state index contributed by atoms with van der Waals surface area (Å²) >= 11 is 1.57. The van der Waals surface area contributed by atoms with Gasteiger partial charge in [0.05, 0.1) is 22.7 Å². The minimum absolute atomic E-state index is 0.00881. The molecule has 0 atom stereocenters. The fourth-order valence-electron chi connectivity index (χ4n) is 4.81. The molecule has 35 heavy (non-hydrogen) atoms. The standard InChI is InChI=1S/C30H24N2O2S/c1-19-16-20(2)28-26(17-19)35-30(31-28)32(18-21-10-4-3-5-11-21)29(33)27-22-12-6-8-14-24(22)34-25-15-9-7-13-23(25)27/h3-17,27H,18H2,1-2H3. The largest absolute Gasteiger partial charge is 0.457 e. The van der Waals surface area contributed by atoms with E-state index in [1.807, 2.05) is 71.6 Å². The van der Waals surface area contributed by atoms with Gasteiger partial charge < -0.3 is 4.74 Å². The van der Waals surface area contributed by atoms with Crippen molar-refractivity contribution in [3.05, 3.63) is 119 Å². The number of anilines is 1. The molecule has 0 N–H and O–H groups in total. The number of carbonyl (C=O) groups excluding carboxylic acids is 1. The van der Waals surface area contributed by atoms with E-state index in [2.05, 4.69) is 38.1 Å². The molecule has 0 radical (unpaired) electrons. The van der Waals surface area contributed by atoms with Crippen molar-refractivity contribution >= 4 is 32.6 Å². The summed E-state index contributed by atoms with van der Waals surface area (Å²) < 4.78 is 7.25. The molecule has 4 aromatic carbocycles. The molecule has 0 bridgehead atoms. The Kier molecular flexibility index (Phi) is 5.34. The molecule has 0 fully saturated rings. The normalized spacial score (nSPS) is 12.6. The topological polar surface area (TPSA) is 42.4 Å². The van der Waals surface area contributed by atoms with Crippen LogP contribution in [0.15, 0.2) is 91.0 Å². The summed E-state index contributed by atoms with van der Waals surface area (Å²) in [6, 6.07) is 30.0. The van der Waals surface area contributed by atoms with E-state index < -0.39 is 5.92 Å².